The molecule has 110 valence electrons. The third-order valence-corrected chi connectivity index (χ3v) is 4.02. The molecule has 1 saturated carbocycles. The lowest BCUT2D eigenvalue weighted by molar-refractivity contribution is 0.0527. The van der Waals surface area contributed by atoms with E-state index in [9.17, 15) is 4.79 Å². The van der Waals surface area contributed by atoms with Gasteiger partial charge in [-0.05, 0) is 38.0 Å². The second-order valence-corrected chi connectivity index (χ2v) is 5.40. The quantitative estimate of drug-likeness (QED) is 0.677. The van der Waals surface area contributed by atoms with E-state index in [1.165, 1.54) is 32.1 Å². The van der Waals surface area contributed by atoms with E-state index in [2.05, 4.69) is 11.9 Å². The maximum Gasteiger partial charge on any atom is 0.340 e. The van der Waals surface area contributed by atoms with Gasteiger partial charge in [-0.15, -0.1) is 0 Å². The van der Waals surface area contributed by atoms with Crippen molar-refractivity contribution in [3.8, 4) is 0 Å². The van der Waals surface area contributed by atoms with Crippen LogP contribution in [-0.2, 0) is 4.74 Å². The number of nitrogens with zero attached hydrogens (tertiary/aromatic N) is 1. The van der Waals surface area contributed by atoms with Crippen molar-refractivity contribution >= 4 is 17.3 Å². The summed E-state index contributed by atoms with van der Waals surface area (Å²) in [7, 11) is 2.06. The van der Waals surface area contributed by atoms with Gasteiger partial charge in [-0.3, -0.25) is 0 Å². The van der Waals surface area contributed by atoms with Crippen molar-refractivity contribution in [3.05, 3.63) is 23.8 Å². The molecule has 1 aromatic carbocycles. The van der Waals surface area contributed by atoms with E-state index in [-0.39, 0.29) is 5.97 Å². The standard InChI is InChI=1S/C16H24N2O2/c1-3-20-16(19)14-11-12(17)9-10-15(14)18(2)13-7-5-4-6-8-13/h9-11,13H,3-8,17H2,1-2H3. The van der Waals surface area contributed by atoms with Crippen molar-refractivity contribution in [1.82, 2.24) is 0 Å². The van der Waals surface area contributed by atoms with E-state index in [0.717, 1.165) is 5.69 Å². The summed E-state index contributed by atoms with van der Waals surface area (Å²) in [5.41, 5.74) is 7.90. The number of nitrogens with two attached hydrogens (primary N) is 1. The van der Waals surface area contributed by atoms with Crippen LogP contribution in [0, 0.1) is 0 Å². The second kappa shape index (κ2) is 6.64. The lowest BCUT2D eigenvalue weighted by Crippen LogP contribution is -2.34. The fraction of sp³-hybridized carbons (Fsp3) is 0.562. The number of carbonyl (C=O) groups is 1. The summed E-state index contributed by atoms with van der Waals surface area (Å²) in [6.45, 7) is 2.19. The first-order valence-electron chi connectivity index (χ1n) is 7.43. The Hall–Kier alpha value is -1.71. The first kappa shape index (κ1) is 14.7. The average Bonchev–Trinajstić information content (AvgIpc) is 2.47. The lowest BCUT2D eigenvalue weighted by atomic mass is 9.93. The molecule has 4 nitrogen and oxygen atoms in total. The van der Waals surface area contributed by atoms with Gasteiger partial charge >= 0.3 is 5.97 Å². The Balaban J connectivity index is 2.27. The number of carbonyl (C=O) groups excluding carboxylic acids is 1. The molecule has 1 fully saturated rings. The normalized spacial score (nSPS) is 15.9. The summed E-state index contributed by atoms with van der Waals surface area (Å²) in [6.07, 6.45) is 6.21. The maximum absolute atomic E-state index is 12.1. The monoisotopic (exact) mass is 276 g/mol. The number of nitrogen functional groups attached to an aromatic ring is 1. The molecule has 0 saturated heterocycles. The highest BCUT2D eigenvalue weighted by Gasteiger charge is 2.23. The van der Waals surface area contributed by atoms with Gasteiger partial charge in [-0.2, -0.15) is 0 Å². The number of benzene rings is 1. The van der Waals surface area contributed by atoms with Gasteiger partial charge in [-0.1, -0.05) is 19.3 Å². The van der Waals surface area contributed by atoms with Gasteiger partial charge in [0, 0.05) is 18.8 Å². The Kier molecular flexibility index (Phi) is 4.88. The topological polar surface area (TPSA) is 55.6 Å². The molecule has 20 heavy (non-hydrogen) atoms. The minimum Gasteiger partial charge on any atom is -0.462 e. The molecule has 0 aliphatic heterocycles. The van der Waals surface area contributed by atoms with Crippen molar-refractivity contribution in [2.24, 2.45) is 0 Å². The number of esters is 1. The zero-order valence-corrected chi connectivity index (χ0v) is 12.4. The zero-order valence-electron chi connectivity index (χ0n) is 12.4. The van der Waals surface area contributed by atoms with Crippen LogP contribution in [0.25, 0.3) is 0 Å². The first-order chi connectivity index (χ1) is 9.63. The molecule has 0 aromatic heterocycles. The van der Waals surface area contributed by atoms with Crippen molar-refractivity contribution in [2.75, 3.05) is 24.3 Å². The molecule has 1 aromatic rings. The molecule has 2 N–H and O–H groups in total. The highest BCUT2D eigenvalue weighted by atomic mass is 16.5. The number of ether oxygens (including phenoxy) is 1. The highest BCUT2D eigenvalue weighted by molar-refractivity contribution is 5.97. The van der Waals surface area contributed by atoms with Gasteiger partial charge < -0.3 is 15.4 Å². The van der Waals surface area contributed by atoms with Gasteiger partial charge in [0.1, 0.15) is 0 Å². The van der Waals surface area contributed by atoms with E-state index in [4.69, 9.17) is 10.5 Å². The van der Waals surface area contributed by atoms with E-state index >= 15 is 0 Å². The predicted molar refractivity (Wildman–Crippen MR) is 82.1 cm³/mol. The molecule has 0 spiro atoms. The van der Waals surface area contributed by atoms with Crippen LogP contribution < -0.4 is 10.6 Å². The molecular formula is C16H24N2O2. The molecule has 1 aliphatic carbocycles. The number of hydrogen-bond donors (Lipinski definition) is 1. The van der Waals surface area contributed by atoms with Crippen molar-refractivity contribution in [2.45, 2.75) is 45.1 Å². The van der Waals surface area contributed by atoms with Gasteiger partial charge in [-0.25, -0.2) is 4.79 Å². The second-order valence-electron chi connectivity index (χ2n) is 5.40. The Morgan fingerprint density at radius 1 is 1.35 bits per heavy atom. The minimum absolute atomic E-state index is 0.294. The summed E-state index contributed by atoms with van der Waals surface area (Å²) in [4.78, 5) is 14.3. The molecule has 0 heterocycles. The number of anilines is 2. The molecule has 4 heteroatoms. The molecule has 0 bridgehead atoms. The summed E-state index contributed by atoms with van der Waals surface area (Å²) in [5, 5.41) is 0. The Morgan fingerprint density at radius 2 is 2.05 bits per heavy atom. The van der Waals surface area contributed by atoms with Crippen LogP contribution >= 0.6 is 0 Å². The molecule has 0 amide bonds. The average molecular weight is 276 g/mol. The van der Waals surface area contributed by atoms with Crippen molar-refractivity contribution in [3.63, 3.8) is 0 Å². The molecule has 0 atom stereocenters. The van der Waals surface area contributed by atoms with E-state index < -0.39 is 0 Å². The largest absolute Gasteiger partial charge is 0.462 e. The summed E-state index contributed by atoms with van der Waals surface area (Å²) >= 11 is 0. The van der Waals surface area contributed by atoms with Crippen LogP contribution in [-0.4, -0.2) is 25.7 Å². The van der Waals surface area contributed by atoms with E-state index in [1.807, 2.05) is 19.1 Å². The van der Waals surface area contributed by atoms with Crippen molar-refractivity contribution in [1.29, 1.82) is 0 Å². The van der Waals surface area contributed by atoms with E-state index in [0.29, 0.717) is 23.9 Å². The minimum atomic E-state index is -0.294. The van der Waals surface area contributed by atoms with Crippen LogP contribution in [0.15, 0.2) is 18.2 Å². The van der Waals surface area contributed by atoms with Gasteiger partial charge in [0.2, 0.25) is 0 Å². The number of hydrogen-bond acceptors (Lipinski definition) is 4. The van der Waals surface area contributed by atoms with Crippen LogP contribution in [0.2, 0.25) is 0 Å². The van der Waals surface area contributed by atoms with Gasteiger partial charge in [0.05, 0.1) is 17.9 Å². The van der Waals surface area contributed by atoms with Gasteiger partial charge in [0.25, 0.3) is 0 Å². The summed E-state index contributed by atoms with van der Waals surface area (Å²) < 4.78 is 5.14. The fourth-order valence-corrected chi connectivity index (χ4v) is 2.90. The molecule has 0 unspecified atom stereocenters. The predicted octanol–water partition coefficient (Wildman–Crippen LogP) is 3.21. The maximum atomic E-state index is 12.1. The van der Waals surface area contributed by atoms with Gasteiger partial charge in [0.15, 0.2) is 0 Å². The Labute approximate surface area is 120 Å². The molecular weight excluding hydrogens is 252 g/mol. The van der Waals surface area contributed by atoms with Crippen molar-refractivity contribution < 1.29 is 9.53 Å². The lowest BCUT2D eigenvalue weighted by Gasteiger charge is -2.34. The van der Waals surface area contributed by atoms with Crippen LogP contribution in [0.3, 0.4) is 0 Å². The highest BCUT2D eigenvalue weighted by Crippen LogP contribution is 2.30. The Morgan fingerprint density at radius 3 is 2.70 bits per heavy atom. The SMILES string of the molecule is CCOC(=O)c1cc(N)ccc1N(C)C1CCCCC1. The first-order valence-corrected chi connectivity index (χ1v) is 7.43. The number of rotatable bonds is 4. The van der Waals surface area contributed by atoms with Crippen LogP contribution in [0.5, 0.6) is 0 Å². The third kappa shape index (κ3) is 3.24. The van der Waals surface area contributed by atoms with E-state index in [1.54, 1.807) is 6.07 Å². The molecule has 0 radical (unpaired) electrons. The Bertz CT molecular complexity index is 468. The van der Waals surface area contributed by atoms with Crippen LogP contribution in [0.1, 0.15) is 49.4 Å². The third-order valence-electron chi connectivity index (χ3n) is 4.02. The summed E-state index contributed by atoms with van der Waals surface area (Å²) in [5.74, 6) is -0.294. The zero-order chi connectivity index (χ0) is 14.5. The molecule has 2 rings (SSSR count). The smallest absolute Gasteiger partial charge is 0.340 e. The summed E-state index contributed by atoms with van der Waals surface area (Å²) in [6, 6.07) is 5.99. The fourth-order valence-electron chi connectivity index (χ4n) is 2.90. The molecule has 1 aliphatic rings. The van der Waals surface area contributed by atoms with Crippen LogP contribution in [0.4, 0.5) is 11.4 Å².